The standard InChI is InChI=1S/C23H23N7O/c1-14(2)30-21-18(12-26-30)22(25-13-24-21)31-17-9-10-20-19(11-17)28-23(29(20)4)27-16-7-5-15(3)6-8-16/h5-14H,1-4H3,(H,27,28). The first-order chi connectivity index (χ1) is 15.0. The highest BCUT2D eigenvalue weighted by Crippen LogP contribution is 2.30. The Balaban J connectivity index is 1.46. The third kappa shape index (κ3) is 3.46. The van der Waals surface area contributed by atoms with E-state index in [1.54, 1.807) is 6.20 Å². The van der Waals surface area contributed by atoms with Crippen LogP contribution in [0, 0.1) is 6.92 Å². The Labute approximate surface area is 179 Å². The summed E-state index contributed by atoms with van der Waals surface area (Å²) in [5.41, 5.74) is 4.80. The molecular weight excluding hydrogens is 390 g/mol. The Kier molecular flexibility index (Phi) is 4.54. The van der Waals surface area contributed by atoms with Crippen LogP contribution in [-0.4, -0.2) is 29.3 Å². The van der Waals surface area contributed by atoms with Gasteiger partial charge in [-0.3, -0.25) is 0 Å². The highest BCUT2D eigenvalue weighted by Gasteiger charge is 2.14. The smallest absolute Gasteiger partial charge is 0.233 e. The first-order valence-corrected chi connectivity index (χ1v) is 10.2. The second kappa shape index (κ2) is 7.39. The largest absolute Gasteiger partial charge is 0.438 e. The molecule has 0 unspecified atom stereocenters. The normalized spacial score (nSPS) is 11.5. The summed E-state index contributed by atoms with van der Waals surface area (Å²) < 4.78 is 9.98. The number of hydrogen-bond acceptors (Lipinski definition) is 6. The van der Waals surface area contributed by atoms with Gasteiger partial charge in [0.1, 0.15) is 17.5 Å². The van der Waals surface area contributed by atoms with Crippen LogP contribution in [0.25, 0.3) is 22.1 Å². The molecule has 0 aliphatic rings. The third-order valence-corrected chi connectivity index (χ3v) is 5.22. The van der Waals surface area contributed by atoms with Crippen molar-refractivity contribution in [2.45, 2.75) is 26.8 Å². The maximum atomic E-state index is 6.10. The highest BCUT2D eigenvalue weighted by molar-refractivity contribution is 5.82. The highest BCUT2D eigenvalue weighted by atomic mass is 16.5. The molecule has 2 aromatic carbocycles. The Bertz CT molecular complexity index is 1380. The molecule has 0 spiro atoms. The zero-order chi connectivity index (χ0) is 21.5. The van der Waals surface area contributed by atoms with Gasteiger partial charge in [-0.2, -0.15) is 5.10 Å². The van der Waals surface area contributed by atoms with E-state index in [-0.39, 0.29) is 6.04 Å². The summed E-state index contributed by atoms with van der Waals surface area (Å²) in [7, 11) is 1.99. The van der Waals surface area contributed by atoms with Gasteiger partial charge in [0.2, 0.25) is 11.8 Å². The molecule has 0 fully saturated rings. The Morgan fingerprint density at radius 1 is 1.03 bits per heavy atom. The maximum absolute atomic E-state index is 6.10. The molecule has 156 valence electrons. The van der Waals surface area contributed by atoms with E-state index < -0.39 is 0 Å². The molecule has 31 heavy (non-hydrogen) atoms. The van der Waals surface area contributed by atoms with Crippen LogP contribution in [0.1, 0.15) is 25.5 Å². The predicted molar refractivity (Wildman–Crippen MR) is 121 cm³/mol. The van der Waals surface area contributed by atoms with E-state index in [1.165, 1.54) is 11.9 Å². The topological polar surface area (TPSA) is 82.7 Å². The summed E-state index contributed by atoms with van der Waals surface area (Å²) in [4.78, 5) is 13.4. The molecule has 0 bridgehead atoms. The number of imidazole rings is 1. The van der Waals surface area contributed by atoms with E-state index in [4.69, 9.17) is 9.72 Å². The van der Waals surface area contributed by atoms with Crippen LogP contribution in [-0.2, 0) is 7.05 Å². The second-order valence-corrected chi connectivity index (χ2v) is 7.84. The van der Waals surface area contributed by atoms with Crippen molar-refractivity contribution in [3.8, 4) is 11.6 Å². The molecule has 0 saturated heterocycles. The van der Waals surface area contributed by atoms with Gasteiger partial charge in [-0.15, -0.1) is 0 Å². The van der Waals surface area contributed by atoms with Crippen molar-refractivity contribution in [2.75, 3.05) is 5.32 Å². The third-order valence-electron chi connectivity index (χ3n) is 5.22. The number of nitrogens with zero attached hydrogens (tertiary/aromatic N) is 6. The number of rotatable bonds is 5. The van der Waals surface area contributed by atoms with Gasteiger partial charge < -0.3 is 14.6 Å². The van der Waals surface area contributed by atoms with Crippen molar-refractivity contribution >= 4 is 33.7 Å². The van der Waals surface area contributed by atoms with Gasteiger partial charge in [-0.1, -0.05) is 17.7 Å². The maximum Gasteiger partial charge on any atom is 0.233 e. The Morgan fingerprint density at radius 2 is 1.84 bits per heavy atom. The molecule has 8 nitrogen and oxygen atoms in total. The minimum Gasteiger partial charge on any atom is -0.438 e. The lowest BCUT2D eigenvalue weighted by Gasteiger charge is -2.08. The van der Waals surface area contributed by atoms with Crippen LogP contribution >= 0.6 is 0 Å². The minimum atomic E-state index is 0.199. The molecule has 8 heteroatoms. The number of benzene rings is 2. The summed E-state index contributed by atoms with van der Waals surface area (Å²) in [5.74, 6) is 1.90. The molecule has 0 amide bonds. The first kappa shape index (κ1) is 19.0. The molecule has 0 aliphatic carbocycles. The van der Waals surface area contributed by atoms with Gasteiger partial charge in [-0.05, 0) is 45.0 Å². The average Bonchev–Trinajstić information content (AvgIpc) is 3.32. The van der Waals surface area contributed by atoms with Crippen molar-refractivity contribution in [1.82, 2.24) is 29.3 Å². The van der Waals surface area contributed by atoms with Crippen LogP contribution in [0.15, 0.2) is 55.0 Å². The minimum absolute atomic E-state index is 0.199. The van der Waals surface area contributed by atoms with Crippen LogP contribution in [0.5, 0.6) is 11.6 Å². The molecule has 5 rings (SSSR count). The van der Waals surface area contributed by atoms with Crippen molar-refractivity contribution in [3.63, 3.8) is 0 Å². The van der Waals surface area contributed by atoms with Gasteiger partial charge in [0.05, 0.1) is 17.2 Å². The SMILES string of the molecule is Cc1ccc(Nc2nc3cc(Oc4ncnc5c4cnn5C(C)C)ccc3n2C)cc1. The predicted octanol–water partition coefficient (Wildman–Crippen LogP) is 5.14. The van der Waals surface area contributed by atoms with Gasteiger partial charge >= 0.3 is 0 Å². The lowest BCUT2D eigenvalue weighted by atomic mass is 10.2. The average molecular weight is 413 g/mol. The fourth-order valence-electron chi connectivity index (χ4n) is 3.53. The van der Waals surface area contributed by atoms with E-state index in [0.717, 1.165) is 33.7 Å². The number of aromatic nitrogens is 6. The molecule has 1 N–H and O–H groups in total. The lowest BCUT2D eigenvalue weighted by molar-refractivity contribution is 0.468. The van der Waals surface area contributed by atoms with E-state index in [1.807, 2.05) is 46.6 Å². The number of fused-ring (bicyclic) bond motifs is 2. The zero-order valence-electron chi connectivity index (χ0n) is 17.9. The van der Waals surface area contributed by atoms with Crippen LogP contribution in [0.4, 0.5) is 11.6 Å². The van der Waals surface area contributed by atoms with E-state index >= 15 is 0 Å². The molecule has 3 heterocycles. The van der Waals surface area contributed by atoms with Crippen LogP contribution < -0.4 is 10.1 Å². The van der Waals surface area contributed by atoms with Crippen LogP contribution in [0.2, 0.25) is 0 Å². The fourth-order valence-corrected chi connectivity index (χ4v) is 3.53. The number of ether oxygens (including phenoxy) is 1. The zero-order valence-corrected chi connectivity index (χ0v) is 17.9. The summed E-state index contributed by atoms with van der Waals surface area (Å²) in [5, 5.41) is 8.57. The van der Waals surface area contributed by atoms with E-state index in [2.05, 4.69) is 53.3 Å². The number of nitrogens with one attached hydrogen (secondary N) is 1. The Hall–Kier alpha value is -3.94. The second-order valence-electron chi connectivity index (χ2n) is 7.84. The number of aryl methyl sites for hydroxylation is 2. The summed E-state index contributed by atoms with van der Waals surface area (Å²) in [6, 6.07) is 14.2. The number of hydrogen-bond donors (Lipinski definition) is 1. The summed E-state index contributed by atoms with van der Waals surface area (Å²) in [6.45, 7) is 6.19. The summed E-state index contributed by atoms with van der Waals surface area (Å²) in [6.07, 6.45) is 3.24. The fraction of sp³-hybridized carbons (Fsp3) is 0.217. The molecular formula is C23H23N7O. The summed E-state index contributed by atoms with van der Waals surface area (Å²) >= 11 is 0. The monoisotopic (exact) mass is 413 g/mol. The van der Waals surface area contributed by atoms with Crippen molar-refractivity contribution < 1.29 is 4.74 Å². The van der Waals surface area contributed by atoms with Gasteiger partial charge in [-0.25, -0.2) is 19.6 Å². The van der Waals surface area contributed by atoms with E-state index in [9.17, 15) is 0 Å². The van der Waals surface area contributed by atoms with Gasteiger partial charge in [0.15, 0.2) is 5.65 Å². The number of anilines is 2. The quantitative estimate of drug-likeness (QED) is 0.430. The van der Waals surface area contributed by atoms with Gasteiger partial charge in [0, 0.05) is 24.8 Å². The molecule has 5 aromatic rings. The first-order valence-electron chi connectivity index (χ1n) is 10.2. The molecule has 0 saturated carbocycles. The van der Waals surface area contributed by atoms with Crippen molar-refractivity contribution in [1.29, 1.82) is 0 Å². The van der Waals surface area contributed by atoms with Gasteiger partial charge in [0.25, 0.3) is 0 Å². The van der Waals surface area contributed by atoms with Crippen molar-refractivity contribution in [2.24, 2.45) is 7.05 Å². The molecule has 0 atom stereocenters. The Morgan fingerprint density at radius 3 is 2.61 bits per heavy atom. The van der Waals surface area contributed by atoms with Crippen LogP contribution in [0.3, 0.4) is 0 Å². The lowest BCUT2D eigenvalue weighted by Crippen LogP contribution is -2.03. The molecule has 0 radical (unpaired) electrons. The van der Waals surface area contributed by atoms with E-state index in [0.29, 0.717) is 11.6 Å². The van der Waals surface area contributed by atoms with Crippen molar-refractivity contribution in [3.05, 3.63) is 60.6 Å². The molecule has 3 aromatic heterocycles. The molecule has 0 aliphatic heterocycles.